The van der Waals surface area contributed by atoms with Crippen LogP contribution in [0.4, 0.5) is 0 Å². The molecule has 0 radical (unpaired) electrons. The van der Waals surface area contributed by atoms with E-state index in [1.807, 2.05) is 30.3 Å². The third-order valence-electron chi connectivity index (χ3n) is 5.26. The van der Waals surface area contributed by atoms with Crippen LogP contribution in [0.5, 0.6) is 0 Å². The minimum absolute atomic E-state index is 0.0578. The Balaban J connectivity index is 1.69. The molecular weight excluding hydrogens is 450 g/mol. The summed E-state index contributed by atoms with van der Waals surface area (Å²) in [6.45, 7) is 1.83. The topological polar surface area (TPSA) is 113 Å². The number of hydrogen-bond acceptors (Lipinski definition) is 6. The Morgan fingerprint density at radius 1 is 1.16 bits per heavy atom. The molecule has 1 fully saturated rings. The zero-order chi connectivity index (χ0) is 23.1. The smallest absolute Gasteiger partial charge is 0.262 e. The van der Waals surface area contributed by atoms with E-state index in [-0.39, 0.29) is 42.8 Å². The van der Waals surface area contributed by atoms with Crippen molar-refractivity contribution in [2.24, 2.45) is 0 Å². The van der Waals surface area contributed by atoms with Crippen molar-refractivity contribution in [1.82, 2.24) is 15.5 Å². The molecule has 172 valence electrons. The van der Waals surface area contributed by atoms with Crippen molar-refractivity contribution >= 4 is 38.9 Å². The molecule has 32 heavy (non-hydrogen) atoms. The second-order valence-electron chi connectivity index (χ2n) is 7.71. The lowest BCUT2D eigenvalue weighted by molar-refractivity contribution is -0.137. The van der Waals surface area contributed by atoms with Crippen LogP contribution >= 0.6 is 11.3 Å². The van der Waals surface area contributed by atoms with Crippen LogP contribution in [0, 0.1) is 0 Å². The molecule has 0 spiro atoms. The highest BCUT2D eigenvalue weighted by Gasteiger charge is 2.31. The highest BCUT2D eigenvalue weighted by atomic mass is 32.2. The lowest BCUT2D eigenvalue weighted by Crippen LogP contribution is -2.52. The van der Waals surface area contributed by atoms with E-state index in [9.17, 15) is 22.8 Å². The minimum Gasteiger partial charge on any atom is -0.351 e. The number of thiophene rings is 1. The maximum atomic E-state index is 13.3. The fourth-order valence-electron chi connectivity index (χ4n) is 3.61. The van der Waals surface area contributed by atoms with E-state index in [0.717, 1.165) is 5.56 Å². The summed E-state index contributed by atoms with van der Waals surface area (Å²) in [6, 6.07) is 11.5. The summed E-state index contributed by atoms with van der Waals surface area (Å²) in [6.07, 6.45) is 0.664. The van der Waals surface area contributed by atoms with Crippen molar-refractivity contribution in [1.29, 1.82) is 0 Å². The fraction of sp³-hybridized carbons (Fsp3) is 0.409. The van der Waals surface area contributed by atoms with Gasteiger partial charge in [0, 0.05) is 19.0 Å². The monoisotopic (exact) mass is 477 g/mol. The number of amides is 3. The van der Waals surface area contributed by atoms with Gasteiger partial charge in [0.25, 0.3) is 5.91 Å². The SMILES string of the molecule is CCN(CC(=O)N[C@@H]1CCS(=O)(=O)C1)C(=O)[C@H](Cc1ccccc1)NC(=O)c1cccs1. The predicted molar refractivity (Wildman–Crippen MR) is 123 cm³/mol. The summed E-state index contributed by atoms with van der Waals surface area (Å²) in [4.78, 5) is 40.3. The first-order chi connectivity index (χ1) is 15.3. The molecule has 2 heterocycles. The molecular formula is C22H27N3O5S2. The molecule has 3 amide bonds. The number of sulfone groups is 1. The van der Waals surface area contributed by atoms with Gasteiger partial charge in [0.15, 0.2) is 9.84 Å². The van der Waals surface area contributed by atoms with Crippen molar-refractivity contribution in [2.45, 2.75) is 31.8 Å². The van der Waals surface area contributed by atoms with Crippen LogP contribution in [0.3, 0.4) is 0 Å². The van der Waals surface area contributed by atoms with Gasteiger partial charge in [0.05, 0.1) is 22.9 Å². The molecule has 0 bridgehead atoms. The van der Waals surface area contributed by atoms with Gasteiger partial charge >= 0.3 is 0 Å². The van der Waals surface area contributed by atoms with E-state index >= 15 is 0 Å². The zero-order valence-corrected chi connectivity index (χ0v) is 19.5. The van der Waals surface area contributed by atoms with Gasteiger partial charge in [-0.2, -0.15) is 0 Å². The van der Waals surface area contributed by atoms with Crippen molar-refractivity contribution < 1.29 is 22.8 Å². The summed E-state index contributed by atoms with van der Waals surface area (Å²) in [5.74, 6) is -1.14. The molecule has 1 saturated heterocycles. The maximum absolute atomic E-state index is 13.3. The molecule has 3 rings (SSSR count). The lowest BCUT2D eigenvalue weighted by atomic mass is 10.0. The second-order valence-corrected chi connectivity index (χ2v) is 10.9. The van der Waals surface area contributed by atoms with Gasteiger partial charge in [-0.1, -0.05) is 36.4 Å². The van der Waals surface area contributed by atoms with Crippen molar-refractivity contribution in [3.05, 3.63) is 58.3 Å². The van der Waals surface area contributed by atoms with Gasteiger partial charge < -0.3 is 15.5 Å². The molecule has 10 heteroatoms. The number of carbonyl (C=O) groups is 3. The molecule has 2 aromatic rings. The summed E-state index contributed by atoms with van der Waals surface area (Å²) in [5, 5.41) is 7.30. The quantitative estimate of drug-likeness (QED) is 0.564. The van der Waals surface area contributed by atoms with E-state index in [1.165, 1.54) is 16.2 Å². The number of nitrogens with zero attached hydrogens (tertiary/aromatic N) is 1. The van der Waals surface area contributed by atoms with Crippen LogP contribution in [0.2, 0.25) is 0 Å². The molecule has 8 nitrogen and oxygen atoms in total. The van der Waals surface area contributed by atoms with Gasteiger partial charge in [-0.3, -0.25) is 14.4 Å². The first kappa shape index (κ1) is 23.9. The third kappa shape index (κ3) is 6.64. The molecule has 2 N–H and O–H groups in total. The Morgan fingerprint density at radius 3 is 2.50 bits per heavy atom. The van der Waals surface area contributed by atoms with Gasteiger partial charge in [-0.25, -0.2) is 8.42 Å². The number of rotatable bonds is 9. The Bertz CT molecular complexity index is 1040. The normalized spacial score (nSPS) is 18.0. The van der Waals surface area contributed by atoms with Crippen LogP contribution < -0.4 is 10.6 Å². The second kappa shape index (κ2) is 10.7. The van der Waals surface area contributed by atoms with Crippen LogP contribution in [-0.4, -0.2) is 67.7 Å². The van der Waals surface area contributed by atoms with E-state index < -0.39 is 27.8 Å². The largest absolute Gasteiger partial charge is 0.351 e. The maximum Gasteiger partial charge on any atom is 0.262 e. The molecule has 2 atom stereocenters. The van der Waals surface area contributed by atoms with Crippen LogP contribution in [0.25, 0.3) is 0 Å². The third-order valence-corrected chi connectivity index (χ3v) is 7.89. The number of carbonyl (C=O) groups excluding carboxylic acids is 3. The molecule has 1 aromatic heterocycles. The minimum atomic E-state index is -3.12. The molecule has 0 saturated carbocycles. The summed E-state index contributed by atoms with van der Waals surface area (Å²) < 4.78 is 23.2. The number of likely N-dealkylation sites (N-methyl/N-ethyl adjacent to an activating group) is 1. The van der Waals surface area contributed by atoms with Gasteiger partial charge in [0.2, 0.25) is 11.8 Å². The first-order valence-corrected chi connectivity index (χ1v) is 13.1. The molecule has 0 aliphatic carbocycles. The van der Waals surface area contributed by atoms with Crippen molar-refractivity contribution in [3.63, 3.8) is 0 Å². The number of benzene rings is 1. The van der Waals surface area contributed by atoms with Crippen LogP contribution in [0.1, 0.15) is 28.6 Å². The average Bonchev–Trinajstić information content (AvgIpc) is 3.41. The fourth-order valence-corrected chi connectivity index (χ4v) is 5.91. The van der Waals surface area contributed by atoms with Gasteiger partial charge in [-0.15, -0.1) is 11.3 Å². The Kier molecular flexibility index (Phi) is 8.03. The Labute approximate surface area is 191 Å². The van der Waals surface area contributed by atoms with Crippen LogP contribution in [-0.2, 0) is 25.8 Å². The highest BCUT2D eigenvalue weighted by molar-refractivity contribution is 7.91. The summed E-state index contributed by atoms with van der Waals surface area (Å²) >= 11 is 1.28. The van der Waals surface area contributed by atoms with Gasteiger partial charge in [-0.05, 0) is 30.4 Å². The predicted octanol–water partition coefficient (Wildman–Crippen LogP) is 1.24. The van der Waals surface area contributed by atoms with Crippen molar-refractivity contribution in [2.75, 3.05) is 24.6 Å². The van der Waals surface area contributed by atoms with Crippen LogP contribution in [0.15, 0.2) is 47.8 Å². The average molecular weight is 478 g/mol. The molecule has 1 aromatic carbocycles. The van der Waals surface area contributed by atoms with E-state index in [1.54, 1.807) is 24.4 Å². The van der Waals surface area contributed by atoms with Crippen molar-refractivity contribution in [3.8, 4) is 0 Å². The Morgan fingerprint density at radius 2 is 1.91 bits per heavy atom. The standard InChI is InChI=1S/C22H27N3O5S2/c1-2-25(14-20(26)23-17-10-12-32(29,30)15-17)22(28)18(13-16-7-4-3-5-8-16)24-21(27)19-9-6-11-31-19/h3-9,11,17-18H,2,10,12-15H2,1H3,(H,23,26)(H,24,27)/t17-,18+/m1/s1. The molecule has 1 aliphatic heterocycles. The van der Waals surface area contributed by atoms with E-state index in [2.05, 4.69) is 10.6 Å². The van der Waals surface area contributed by atoms with Gasteiger partial charge in [0.1, 0.15) is 6.04 Å². The van der Waals surface area contributed by atoms with E-state index in [4.69, 9.17) is 0 Å². The zero-order valence-electron chi connectivity index (χ0n) is 17.8. The first-order valence-electron chi connectivity index (χ1n) is 10.4. The van der Waals surface area contributed by atoms with E-state index in [0.29, 0.717) is 11.3 Å². The lowest BCUT2D eigenvalue weighted by Gasteiger charge is -2.27. The summed E-state index contributed by atoms with van der Waals surface area (Å²) in [7, 11) is -3.12. The number of hydrogen-bond donors (Lipinski definition) is 2. The Hall–Kier alpha value is -2.72. The summed E-state index contributed by atoms with van der Waals surface area (Å²) in [5.41, 5.74) is 0.883. The number of nitrogens with one attached hydrogen (secondary N) is 2. The molecule has 0 unspecified atom stereocenters. The molecule has 1 aliphatic rings. The highest BCUT2D eigenvalue weighted by Crippen LogP contribution is 2.13.